The lowest BCUT2D eigenvalue weighted by Gasteiger charge is -2.20. The second-order valence-corrected chi connectivity index (χ2v) is 8.03. The first-order chi connectivity index (χ1) is 12.2. The molecule has 5 heteroatoms. The number of benzene rings is 2. The molecule has 4 nitrogen and oxygen atoms in total. The van der Waals surface area contributed by atoms with Gasteiger partial charge in [0.05, 0.1) is 5.69 Å². The van der Waals surface area contributed by atoms with Crippen LogP contribution in [0.5, 0.6) is 0 Å². The highest BCUT2D eigenvalue weighted by molar-refractivity contribution is 7.15. The Hall–Kier alpha value is -2.24. The number of carbonyl (C=O) groups is 1. The van der Waals surface area contributed by atoms with Gasteiger partial charge in [0, 0.05) is 30.0 Å². The number of aryl methyl sites for hydroxylation is 2. The van der Waals surface area contributed by atoms with Gasteiger partial charge in [0.2, 0.25) is 0 Å². The second kappa shape index (κ2) is 5.64. The van der Waals surface area contributed by atoms with Crippen LogP contribution in [-0.4, -0.2) is 29.4 Å². The van der Waals surface area contributed by atoms with Crippen molar-refractivity contribution in [2.75, 3.05) is 18.9 Å². The Morgan fingerprint density at radius 1 is 1.16 bits per heavy atom. The van der Waals surface area contributed by atoms with E-state index in [4.69, 9.17) is 0 Å². The first-order valence-electron chi connectivity index (χ1n) is 8.71. The number of anilines is 1. The minimum atomic E-state index is -0.0601. The molecular weight excluding hydrogens is 330 g/mol. The zero-order valence-electron chi connectivity index (χ0n) is 14.1. The molecule has 1 aliphatic carbocycles. The number of hydrogen-bond acceptors (Lipinski definition) is 4. The van der Waals surface area contributed by atoms with Crippen LogP contribution in [-0.2, 0) is 25.8 Å². The molecule has 126 valence electrons. The van der Waals surface area contributed by atoms with E-state index in [1.165, 1.54) is 21.4 Å². The molecule has 25 heavy (non-hydrogen) atoms. The molecule has 0 atom stereocenters. The topological polar surface area (TPSA) is 45.2 Å². The molecule has 1 amide bonds. The van der Waals surface area contributed by atoms with Gasteiger partial charge in [0.1, 0.15) is 0 Å². The lowest BCUT2D eigenvalue weighted by atomic mass is 9.99. The molecule has 2 aliphatic rings. The fraction of sp³-hybridized carbons (Fsp3) is 0.300. The Labute approximate surface area is 150 Å². The maximum atomic E-state index is 12.9. The van der Waals surface area contributed by atoms with Gasteiger partial charge in [-0.15, -0.1) is 11.3 Å². The highest BCUT2D eigenvalue weighted by Gasteiger charge is 2.22. The van der Waals surface area contributed by atoms with Gasteiger partial charge in [0.15, 0.2) is 5.13 Å². The summed E-state index contributed by atoms with van der Waals surface area (Å²) >= 11 is 1.60. The fourth-order valence-corrected chi connectivity index (χ4v) is 5.07. The summed E-state index contributed by atoms with van der Waals surface area (Å²) in [7, 11) is 2.12. The summed E-state index contributed by atoms with van der Waals surface area (Å²) < 4.78 is 0. The zero-order valence-corrected chi connectivity index (χ0v) is 14.9. The molecule has 2 aromatic carbocycles. The van der Waals surface area contributed by atoms with E-state index in [0.29, 0.717) is 5.13 Å². The number of nitrogens with one attached hydrogen (secondary N) is 1. The van der Waals surface area contributed by atoms with Crippen LogP contribution in [0.3, 0.4) is 0 Å². The summed E-state index contributed by atoms with van der Waals surface area (Å²) in [4.78, 5) is 21.1. The van der Waals surface area contributed by atoms with Crippen molar-refractivity contribution in [3.8, 4) is 0 Å². The van der Waals surface area contributed by atoms with Gasteiger partial charge in [-0.1, -0.05) is 24.3 Å². The quantitative estimate of drug-likeness (QED) is 0.768. The van der Waals surface area contributed by atoms with Crippen LogP contribution in [0.15, 0.2) is 30.3 Å². The molecule has 0 radical (unpaired) electrons. The number of nitrogens with zero attached hydrogens (tertiary/aromatic N) is 2. The van der Waals surface area contributed by atoms with E-state index in [2.05, 4.69) is 46.5 Å². The second-order valence-electron chi connectivity index (χ2n) is 6.94. The van der Waals surface area contributed by atoms with Gasteiger partial charge >= 0.3 is 0 Å². The normalized spacial score (nSPS) is 16.2. The van der Waals surface area contributed by atoms with Gasteiger partial charge < -0.3 is 4.90 Å². The van der Waals surface area contributed by atoms with Crippen LogP contribution < -0.4 is 5.32 Å². The number of aromatic nitrogens is 1. The minimum absolute atomic E-state index is 0.0601. The third kappa shape index (κ3) is 2.46. The van der Waals surface area contributed by atoms with Crippen LogP contribution in [0.1, 0.15) is 32.1 Å². The summed E-state index contributed by atoms with van der Waals surface area (Å²) in [5.74, 6) is -0.0601. The first-order valence-corrected chi connectivity index (χ1v) is 9.52. The van der Waals surface area contributed by atoms with Crippen molar-refractivity contribution in [1.82, 2.24) is 9.88 Å². The summed E-state index contributed by atoms with van der Waals surface area (Å²) in [5.41, 5.74) is 4.59. The standard InChI is InChI=1S/C20H19N3OS/c1-23-10-9-16-17(11-23)25-20(21-16)22-19(24)15-8-7-13-6-5-12-3-2-4-14(15)18(12)13/h2-4,7-8H,5-6,9-11H2,1H3,(H,21,22,24). The highest BCUT2D eigenvalue weighted by Crippen LogP contribution is 2.33. The first kappa shape index (κ1) is 15.0. The molecule has 5 rings (SSSR count). The van der Waals surface area contributed by atoms with Crippen LogP contribution in [0, 0.1) is 0 Å². The Morgan fingerprint density at radius 3 is 2.88 bits per heavy atom. The Kier molecular flexibility index (Phi) is 3.40. The SMILES string of the molecule is CN1CCc2nc(NC(=O)c3ccc4c5c(cccc35)CC4)sc2C1. The summed E-state index contributed by atoms with van der Waals surface area (Å²) in [5, 5.41) is 6.08. The number of amides is 1. The van der Waals surface area contributed by atoms with Crippen LogP contribution in [0.2, 0.25) is 0 Å². The number of rotatable bonds is 2. The summed E-state index contributed by atoms with van der Waals surface area (Å²) in [6.45, 7) is 1.95. The summed E-state index contributed by atoms with van der Waals surface area (Å²) in [6, 6.07) is 10.4. The Bertz CT molecular complexity index is 997. The third-order valence-corrected chi connectivity index (χ3v) is 6.26. The van der Waals surface area contributed by atoms with Gasteiger partial charge in [-0.2, -0.15) is 0 Å². The Balaban J connectivity index is 1.49. The van der Waals surface area contributed by atoms with Crippen molar-refractivity contribution in [1.29, 1.82) is 0 Å². The number of likely N-dealkylation sites (N-methyl/N-ethyl adjacent to an activating group) is 1. The molecule has 1 N–H and O–H groups in total. The monoisotopic (exact) mass is 349 g/mol. The average molecular weight is 349 g/mol. The smallest absolute Gasteiger partial charge is 0.258 e. The minimum Gasteiger partial charge on any atom is -0.301 e. The third-order valence-electron chi connectivity index (χ3n) is 5.26. The van der Waals surface area contributed by atoms with Gasteiger partial charge in [-0.3, -0.25) is 10.1 Å². The number of hydrogen-bond donors (Lipinski definition) is 1. The largest absolute Gasteiger partial charge is 0.301 e. The molecule has 2 heterocycles. The molecule has 0 saturated heterocycles. The zero-order chi connectivity index (χ0) is 17.0. The number of fused-ring (bicyclic) bond motifs is 1. The van der Waals surface area contributed by atoms with E-state index < -0.39 is 0 Å². The molecule has 1 aliphatic heterocycles. The number of carbonyl (C=O) groups excluding carboxylic acids is 1. The van der Waals surface area contributed by atoms with Crippen molar-refractivity contribution in [3.05, 3.63) is 57.6 Å². The van der Waals surface area contributed by atoms with Crippen molar-refractivity contribution in [2.45, 2.75) is 25.8 Å². The van der Waals surface area contributed by atoms with Crippen LogP contribution in [0.25, 0.3) is 10.8 Å². The molecule has 0 spiro atoms. The molecule has 3 aromatic rings. The van der Waals surface area contributed by atoms with E-state index in [0.717, 1.165) is 49.0 Å². The van der Waals surface area contributed by atoms with Crippen LogP contribution >= 0.6 is 11.3 Å². The molecule has 0 fully saturated rings. The highest BCUT2D eigenvalue weighted by atomic mass is 32.1. The van der Waals surface area contributed by atoms with E-state index in [1.54, 1.807) is 11.3 Å². The molecule has 0 unspecified atom stereocenters. The molecule has 1 aromatic heterocycles. The van der Waals surface area contributed by atoms with Crippen molar-refractivity contribution >= 4 is 33.1 Å². The van der Waals surface area contributed by atoms with E-state index in [1.807, 2.05) is 6.07 Å². The number of thiazole rings is 1. The lowest BCUT2D eigenvalue weighted by Crippen LogP contribution is -2.25. The average Bonchev–Trinajstić information content (AvgIpc) is 3.20. The predicted octanol–water partition coefficient (Wildman–Crippen LogP) is 3.64. The summed E-state index contributed by atoms with van der Waals surface area (Å²) in [6.07, 6.45) is 3.11. The fourth-order valence-electron chi connectivity index (χ4n) is 3.99. The lowest BCUT2D eigenvalue weighted by molar-refractivity contribution is 0.102. The van der Waals surface area contributed by atoms with Crippen molar-refractivity contribution < 1.29 is 4.79 Å². The maximum absolute atomic E-state index is 12.9. The van der Waals surface area contributed by atoms with E-state index in [-0.39, 0.29) is 5.91 Å². The van der Waals surface area contributed by atoms with Crippen LogP contribution in [0.4, 0.5) is 5.13 Å². The van der Waals surface area contributed by atoms with Gasteiger partial charge in [-0.05, 0) is 47.9 Å². The molecular formula is C20H19N3OS. The van der Waals surface area contributed by atoms with Gasteiger partial charge in [-0.25, -0.2) is 4.98 Å². The maximum Gasteiger partial charge on any atom is 0.258 e. The van der Waals surface area contributed by atoms with E-state index in [9.17, 15) is 4.79 Å². The van der Waals surface area contributed by atoms with E-state index >= 15 is 0 Å². The van der Waals surface area contributed by atoms with Crippen molar-refractivity contribution in [2.24, 2.45) is 0 Å². The van der Waals surface area contributed by atoms with Crippen molar-refractivity contribution in [3.63, 3.8) is 0 Å². The molecule has 0 bridgehead atoms. The van der Waals surface area contributed by atoms with Gasteiger partial charge in [0.25, 0.3) is 5.91 Å². The Morgan fingerprint density at radius 2 is 2.00 bits per heavy atom. The molecule has 0 saturated carbocycles. The predicted molar refractivity (Wildman–Crippen MR) is 101 cm³/mol.